The number of benzene rings is 1. The molecule has 2 N–H and O–H groups in total. The van der Waals surface area contributed by atoms with Gasteiger partial charge in [0.05, 0.1) is 12.5 Å². The van der Waals surface area contributed by atoms with E-state index in [1.165, 1.54) is 0 Å². The van der Waals surface area contributed by atoms with E-state index in [0.29, 0.717) is 7.14 Å². The molecule has 0 saturated heterocycles. The zero-order valence-corrected chi connectivity index (χ0v) is 11.8. The summed E-state index contributed by atoms with van der Waals surface area (Å²) in [6, 6.07) is 1.77. The molecule has 1 aromatic carbocycles. The first kappa shape index (κ1) is 11.6. The Morgan fingerprint density at radius 3 is 2.31 bits per heavy atom. The van der Waals surface area contributed by atoms with Crippen molar-refractivity contribution in [3.8, 4) is 11.5 Å². The van der Waals surface area contributed by atoms with Gasteiger partial charge < -0.3 is 10.2 Å². The molecule has 72 valence electrons. The summed E-state index contributed by atoms with van der Waals surface area (Å²) >= 11 is 9.82. The van der Waals surface area contributed by atoms with E-state index < -0.39 is 0 Å². The lowest BCUT2D eigenvalue weighted by molar-refractivity contribution is 0.398. The number of aromatic hydroxyl groups is 2. The number of hydrogen-bond donors (Lipinski definition) is 2. The van der Waals surface area contributed by atoms with Gasteiger partial charge in [0.1, 0.15) is 0 Å². The van der Waals surface area contributed by atoms with Crippen LogP contribution in [0, 0.1) is 7.14 Å². The molecule has 0 radical (unpaired) electrons. The van der Waals surface area contributed by atoms with Crippen LogP contribution in [0.1, 0.15) is 17.9 Å². The molecule has 1 aromatic rings. The highest BCUT2D eigenvalue weighted by Gasteiger charge is 2.16. The van der Waals surface area contributed by atoms with Gasteiger partial charge in [0, 0.05) is 0 Å². The molecule has 1 rings (SSSR count). The summed E-state index contributed by atoms with van der Waals surface area (Å²) in [6.07, 6.45) is 0. The van der Waals surface area contributed by atoms with E-state index >= 15 is 0 Å². The first-order valence-corrected chi connectivity index (χ1v) is 6.08. The second kappa shape index (κ2) is 4.39. The maximum atomic E-state index is 9.50. The van der Waals surface area contributed by atoms with Gasteiger partial charge in [-0.1, -0.05) is 0 Å². The van der Waals surface area contributed by atoms with E-state index in [-0.39, 0.29) is 16.9 Å². The lowest BCUT2D eigenvalue weighted by Crippen LogP contribution is -1.92. The molecule has 1 unspecified atom stereocenters. The molecule has 0 bridgehead atoms. The van der Waals surface area contributed by atoms with Gasteiger partial charge in [-0.2, -0.15) is 0 Å². The van der Waals surface area contributed by atoms with Gasteiger partial charge >= 0.3 is 0 Å². The van der Waals surface area contributed by atoms with Crippen LogP contribution in [0.15, 0.2) is 6.07 Å². The number of halogens is 3. The molecule has 0 saturated carbocycles. The van der Waals surface area contributed by atoms with E-state index in [0.717, 1.165) is 5.56 Å². The third-order valence-corrected chi connectivity index (χ3v) is 3.81. The highest BCUT2D eigenvalue weighted by molar-refractivity contribution is 14.1. The van der Waals surface area contributed by atoms with Crippen LogP contribution in [-0.4, -0.2) is 10.2 Å². The topological polar surface area (TPSA) is 40.5 Å². The van der Waals surface area contributed by atoms with Gasteiger partial charge in [0.25, 0.3) is 0 Å². The summed E-state index contributed by atoms with van der Waals surface area (Å²) in [4.78, 5) is 0. The number of phenols is 2. The Balaban J connectivity index is 3.41. The predicted octanol–water partition coefficient (Wildman–Crippen LogP) is 3.61. The Morgan fingerprint density at radius 1 is 1.31 bits per heavy atom. The Bertz CT molecular complexity index is 339. The summed E-state index contributed by atoms with van der Waals surface area (Å²) in [5.74, 6) is -0.166. The van der Waals surface area contributed by atoms with Crippen LogP contribution in [0.5, 0.6) is 11.5 Å². The molecule has 0 aliphatic heterocycles. The normalized spacial score (nSPS) is 12.9. The number of phenolic OH excluding ortho intramolecular Hbond substituents is 2. The minimum atomic E-state index is -0.174. The predicted molar refractivity (Wildman–Crippen MR) is 69.5 cm³/mol. The monoisotopic (exact) mass is 424 g/mol. The molecule has 2 nitrogen and oxygen atoms in total. The molecule has 1 atom stereocenters. The zero-order valence-electron chi connectivity index (χ0n) is 6.68. The zero-order chi connectivity index (χ0) is 10.2. The lowest BCUT2D eigenvalue weighted by Gasteiger charge is -2.10. The van der Waals surface area contributed by atoms with Crippen molar-refractivity contribution in [2.45, 2.75) is 12.3 Å². The second-order valence-corrected chi connectivity index (χ2v) is 5.47. The third-order valence-electron chi connectivity index (χ3n) is 1.62. The van der Waals surface area contributed by atoms with Crippen LogP contribution in [0.2, 0.25) is 0 Å². The Morgan fingerprint density at radius 2 is 1.85 bits per heavy atom. The SMILES string of the molecule is CC(Cl)c1cc(I)c(O)c(O)c1I. The molecule has 0 spiro atoms. The maximum absolute atomic E-state index is 9.50. The van der Waals surface area contributed by atoms with Crippen molar-refractivity contribution in [2.75, 3.05) is 0 Å². The fraction of sp³-hybridized carbons (Fsp3) is 0.250. The van der Waals surface area contributed by atoms with Crippen molar-refractivity contribution < 1.29 is 10.2 Å². The van der Waals surface area contributed by atoms with E-state index in [1.54, 1.807) is 6.07 Å². The standard InChI is InChI=1S/C8H7ClI2O2/c1-3(9)4-2-5(10)7(12)8(13)6(4)11/h2-3,12-13H,1H3. The highest BCUT2D eigenvalue weighted by atomic mass is 127. The van der Waals surface area contributed by atoms with Crippen molar-refractivity contribution in [3.63, 3.8) is 0 Å². The van der Waals surface area contributed by atoms with Crippen molar-refractivity contribution in [3.05, 3.63) is 18.8 Å². The van der Waals surface area contributed by atoms with Gasteiger partial charge in [-0.05, 0) is 63.7 Å². The fourth-order valence-electron chi connectivity index (χ4n) is 0.911. The molecule has 0 aliphatic rings. The lowest BCUT2D eigenvalue weighted by atomic mass is 10.1. The molecular weight excluding hydrogens is 417 g/mol. The summed E-state index contributed by atoms with van der Waals surface area (Å²) in [6.45, 7) is 1.83. The molecule has 0 amide bonds. The second-order valence-electron chi connectivity index (χ2n) is 2.57. The number of hydrogen-bond acceptors (Lipinski definition) is 2. The Kier molecular flexibility index (Phi) is 3.94. The average Bonchev–Trinajstić information content (AvgIpc) is 2.07. The number of rotatable bonds is 1. The van der Waals surface area contributed by atoms with Gasteiger partial charge in [-0.15, -0.1) is 11.6 Å². The van der Waals surface area contributed by atoms with Gasteiger partial charge in [-0.25, -0.2) is 0 Å². The Hall–Kier alpha value is 0.570. The maximum Gasteiger partial charge on any atom is 0.172 e. The summed E-state index contributed by atoms with van der Waals surface area (Å²) in [5, 5.41) is 18.7. The highest BCUT2D eigenvalue weighted by Crippen LogP contribution is 2.40. The van der Waals surface area contributed by atoms with Crippen molar-refractivity contribution in [1.29, 1.82) is 0 Å². The van der Waals surface area contributed by atoms with E-state index in [2.05, 4.69) is 0 Å². The van der Waals surface area contributed by atoms with Crippen LogP contribution < -0.4 is 0 Å². The Labute approximate surface area is 109 Å². The molecule has 5 heteroatoms. The van der Waals surface area contributed by atoms with Crippen molar-refractivity contribution in [1.82, 2.24) is 0 Å². The average molecular weight is 424 g/mol. The quantitative estimate of drug-likeness (QED) is 0.411. The smallest absolute Gasteiger partial charge is 0.172 e. The van der Waals surface area contributed by atoms with Crippen LogP contribution in [0.25, 0.3) is 0 Å². The summed E-state index contributed by atoms with van der Waals surface area (Å²) in [7, 11) is 0. The van der Waals surface area contributed by atoms with Gasteiger partial charge in [0.2, 0.25) is 0 Å². The van der Waals surface area contributed by atoms with Crippen molar-refractivity contribution in [2.24, 2.45) is 0 Å². The molecule has 0 heterocycles. The largest absolute Gasteiger partial charge is 0.504 e. The number of alkyl halides is 1. The first-order chi connectivity index (χ1) is 5.95. The summed E-state index contributed by atoms with van der Waals surface area (Å²) in [5.41, 5.74) is 0.835. The minimum Gasteiger partial charge on any atom is -0.504 e. The first-order valence-electron chi connectivity index (χ1n) is 3.49. The molecule has 0 aromatic heterocycles. The van der Waals surface area contributed by atoms with Crippen LogP contribution in [-0.2, 0) is 0 Å². The van der Waals surface area contributed by atoms with Crippen LogP contribution >= 0.6 is 56.8 Å². The van der Waals surface area contributed by atoms with E-state index in [9.17, 15) is 10.2 Å². The molecule has 0 aliphatic carbocycles. The third kappa shape index (κ3) is 2.33. The molecule has 13 heavy (non-hydrogen) atoms. The van der Waals surface area contributed by atoms with Gasteiger partial charge in [0.15, 0.2) is 11.5 Å². The van der Waals surface area contributed by atoms with E-state index in [4.69, 9.17) is 11.6 Å². The molecular formula is C8H7ClI2O2. The van der Waals surface area contributed by atoms with Crippen LogP contribution in [0.4, 0.5) is 0 Å². The van der Waals surface area contributed by atoms with Crippen molar-refractivity contribution >= 4 is 56.8 Å². The fourth-order valence-corrected chi connectivity index (χ4v) is 2.74. The van der Waals surface area contributed by atoms with Gasteiger partial charge in [-0.3, -0.25) is 0 Å². The van der Waals surface area contributed by atoms with Crippen LogP contribution in [0.3, 0.4) is 0 Å². The van der Waals surface area contributed by atoms with E-state index in [1.807, 2.05) is 52.1 Å². The minimum absolute atomic E-state index is 0.0777. The molecule has 0 fully saturated rings. The summed E-state index contributed by atoms with van der Waals surface area (Å²) < 4.78 is 1.22.